The third kappa shape index (κ3) is 2.65. The van der Waals surface area contributed by atoms with Crippen molar-refractivity contribution in [1.82, 2.24) is 4.90 Å². The van der Waals surface area contributed by atoms with Gasteiger partial charge in [0.15, 0.2) is 0 Å². The quantitative estimate of drug-likeness (QED) is 0.894. The van der Waals surface area contributed by atoms with Gasteiger partial charge in [0.2, 0.25) is 5.91 Å². The number of phenolic OH excluding ortho intramolecular Hbond substituents is 1. The van der Waals surface area contributed by atoms with E-state index in [9.17, 15) is 9.90 Å². The van der Waals surface area contributed by atoms with E-state index >= 15 is 0 Å². The second kappa shape index (κ2) is 6.11. The Kier molecular flexibility index (Phi) is 3.94. The van der Waals surface area contributed by atoms with E-state index in [0.29, 0.717) is 26.2 Å². The summed E-state index contributed by atoms with van der Waals surface area (Å²) in [5.74, 6) is 0.890. The first-order valence-electron chi connectivity index (χ1n) is 8.52. The Morgan fingerprint density at radius 2 is 2.17 bits per heavy atom. The average molecular weight is 330 g/mol. The van der Waals surface area contributed by atoms with Gasteiger partial charge in [0.25, 0.3) is 0 Å². The topological polar surface area (TPSA) is 88.9 Å². The van der Waals surface area contributed by atoms with Crippen molar-refractivity contribution < 1.29 is 19.1 Å². The molecule has 3 N–H and O–H groups in total. The van der Waals surface area contributed by atoms with Crippen LogP contribution in [0, 0.1) is 0 Å². The number of aromatic hydroxyl groups is 1. The molecule has 0 bridgehead atoms. The molecule has 0 saturated carbocycles. The number of nitrogens with two attached hydrogens (primary N) is 1. The highest BCUT2D eigenvalue weighted by Gasteiger charge is 2.27. The molecular weight excluding hydrogens is 308 g/mol. The first kappa shape index (κ1) is 15.5. The molecular formula is C18H22N2O4. The second-order valence-electron chi connectivity index (χ2n) is 6.64. The van der Waals surface area contributed by atoms with Crippen molar-refractivity contribution in [2.75, 3.05) is 19.7 Å². The lowest BCUT2D eigenvalue weighted by atomic mass is 9.93. The molecule has 1 aliphatic heterocycles. The number of rotatable bonds is 3. The van der Waals surface area contributed by atoms with Crippen molar-refractivity contribution >= 4 is 16.9 Å². The van der Waals surface area contributed by atoms with Crippen LogP contribution in [0.4, 0.5) is 0 Å². The first-order chi connectivity index (χ1) is 11.6. The van der Waals surface area contributed by atoms with Crippen LogP contribution in [0.3, 0.4) is 0 Å². The summed E-state index contributed by atoms with van der Waals surface area (Å²) in [6, 6.07) is 3.54. The summed E-state index contributed by atoms with van der Waals surface area (Å²) in [6.45, 7) is 2.18. The van der Waals surface area contributed by atoms with Gasteiger partial charge in [0.05, 0.1) is 6.61 Å². The number of furan rings is 1. The van der Waals surface area contributed by atoms with Crippen molar-refractivity contribution in [2.24, 2.45) is 5.73 Å². The van der Waals surface area contributed by atoms with Gasteiger partial charge >= 0.3 is 0 Å². The minimum absolute atomic E-state index is 0.277. The van der Waals surface area contributed by atoms with E-state index in [4.69, 9.17) is 14.9 Å². The Morgan fingerprint density at radius 3 is 3.00 bits per heavy atom. The van der Waals surface area contributed by atoms with Crippen LogP contribution in [0.5, 0.6) is 5.75 Å². The fourth-order valence-corrected chi connectivity index (χ4v) is 3.82. The number of hydrogen-bond acceptors (Lipinski definition) is 5. The maximum atomic E-state index is 11.4. The lowest BCUT2D eigenvalue weighted by molar-refractivity contribution is -0.135. The Morgan fingerprint density at radius 1 is 1.33 bits per heavy atom. The van der Waals surface area contributed by atoms with E-state index in [2.05, 4.69) is 4.90 Å². The molecule has 1 atom stereocenters. The summed E-state index contributed by atoms with van der Waals surface area (Å²) in [5.41, 5.74) is 8.32. The van der Waals surface area contributed by atoms with Crippen LogP contribution >= 0.6 is 0 Å². The molecule has 24 heavy (non-hydrogen) atoms. The summed E-state index contributed by atoms with van der Waals surface area (Å²) < 4.78 is 11.4. The number of morpholine rings is 1. The average Bonchev–Trinajstić information content (AvgIpc) is 2.96. The molecule has 2 heterocycles. The number of benzene rings is 1. The van der Waals surface area contributed by atoms with E-state index in [1.165, 1.54) is 5.56 Å². The summed E-state index contributed by atoms with van der Waals surface area (Å²) in [6.07, 6.45) is 3.67. The lowest BCUT2D eigenvalue weighted by Crippen LogP contribution is -2.47. The predicted molar refractivity (Wildman–Crippen MR) is 88.7 cm³/mol. The van der Waals surface area contributed by atoms with Crippen LogP contribution in [-0.2, 0) is 28.9 Å². The molecule has 4 rings (SSSR count). The number of hydrogen-bond donors (Lipinski definition) is 2. The number of fused-ring (bicyclic) bond motifs is 3. The van der Waals surface area contributed by atoms with E-state index in [1.807, 2.05) is 6.07 Å². The molecule has 1 aromatic carbocycles. The molecule has 1 saturated heterocycles. The minimum Gasteiger partial charge on any atom is -0.508 e. The largest absolute Gasteiger partial charge is 0.508 e. The molecule has 1 aliphatic carbocycles. The summed E-state index contributed by atoms with van der Waals surface area (Å²) in [7, 11) is 0. The molecule has 6 heteroatoms. The predicted octanol–water partition coefficient (Wildman–Crippen LogP) is 1.70. The Labute approximate surface area is 140 Å². The normalized spacial score (nSPS) is 21.8. The van der Waals surface area contributed by atoms with Crippen LogP contribution in [0.2, 0.25) is 0 Å². The Hall–Kier alpha value is -2.05. The maximum absolute atomic E-state index is 11.4. The number of aryl methyl sites for hydroxylation is 2. The third-order valence-electron chi connectivity index (χ3n) is 5.05. The smallest absolute Gasteiger partial charge is 0.247 e. The zero-order chi connectivity index (χ0) is 16.7. The van der Waals surface area contributed by atoms with Gasteiger partial charge in [0, 0.05) is 42.6 Å². The van der Waals surface area contributed by atoms with Gasteiger partial charge in [-0.05, 0) is 31.4 Å². The van der Waals surface area contributed by atoms with Crippen LogP contribution in [0.25, 0.3) is 11.0 Å². The number of carbonyl (C=O) groups is 1. The molecule has 0 radical (unpaired) electrons. The number of amides is 1. The SMILES string of the molecule is NC(=O)[C@@H]1CN(Cc2c(O)ccc3oc4c(c23)CCCC4)CCO1. The zero-order valence-electron chi connectivity index (χ0n) is 13.6. The number of phenols is 1. The van der Waals surface area contributed by atoms with Crippen molar-refractivity contribution in [3.63, 3.8) is 0 Å². The minimum atomic E-state index is -0.585. The highest BCUT2D eigenvalue weighted by atomic mass is 16.5. The highest BCUT2D eigenvalue weighted by molar-refractivity contribution is 5.88. The molecule has 0 spiro atoms. The van der Waals surface area contributed by atoms with Gasteiger partial charge in [0.1, 0.15) is 23.2 Å². The standard InChI is InChI=1S/C18H22N2O4/c19-18(22)16-10-20(7-8-23-16)9-12-13(21)5-6-15-17(12)11-3-1-2-4-14(11)24-15/h5-6,16,21H,1-4,7-10H2,(H2,19,22)/t16-/m0/s1. The van der Waals surface area contributed by atoms with Crippen molar-refractivity contribution in [3.05, 3.63) is 29.0 Å². The second-order valence-corrected chi connectivity index (χ2v) is 6.64. The molecule has 2 aromatic rings. The molecule has 1 fully saturated rings. The number of primary amides is 1. The fraction of sp³-hybridized carbons (Fsp3) is 0.500. The Balaban J connectivity index is 1.69. The Bertz CT molecular complexity index is 783. The van der Waals surface area contributed by atoms with Crippen molar-refractivity contribution in [3.8, 4) is 5.75 Å². The van der Waals surface area contributed by atoms with Crippen LogP contribution in [-0.4, -0.2) is 41.7 Å². The van der Waals surface area contributed by atoms with E-state index in [0.717, 1.165) is 48.0 Å². The van der Waals surface area contributed by atoms with Crippen LogP contribution in [0.15, 0.2) is 16.5 Å². The van der Waals surface area contributed by atoms with Gasteiger partial charge in [-0.2, -0.15) is 0 Å². The van der Waals surface area contributed by atoms with Gasteiger partial charge in [-0.1, -0.05) is 0 Å². The molecule has 1 aromatic heterocycles. The van der Waals surface area contributed by atoms with E-state index < -0.39 is 12.0 Å². The molecule has 1 amide bonds. The summed E-state index contributed by atoms with van der Waals surface area (Å²) in [4.78, 5) is 13.5. The summed E-state index contributed by atoms with van der Waals surface area (Å²) >= 11 is 0. The van der Waals surface area contributed by atoms with Crippen molar-refractivity contribution in [2.45, 2.75) is 38.3 Å². The monoisotopic (exact) mass is 330 g/mol. The molecule has 0 unspecified atom stereocenters. The molecule has 2 aliphatic rings. The van der Waals surface area contributed by atoms with Gasteiger partial charge in [-0.3, -0.25) is 9.69 Å². The summed E-state index contributed by atoms with van der Waals surface area (Å²) in [5, 5.41) is 11.5. The zero-order valence-corrected chi connectivity index (χ0v) is 13.6. The van der Waals surface area contributed by atoms with Gasteiger partial charge in [-0.25, -0.2) is 0 Å². The number of carbonyl (C=O) groups excluding carboxylic acids is 1. The van der Waals surface area contributed by atoms with Gasteiger partial charge < -0.3 is 20.0 Å². The molecule has 128 valence electrons. The maximum Gasteiger partial charge on any atom is 0.247 e. The fourth-order valence-electron chi connectivity index (χ4n) is 3.82. The highest BCUT2D eigenvalue weighted by Crippen LogP contribution is 2.38. The van der Waals surface area contributed by atoms with Crippen molar-refractivity contribution in [1.29, 1.82) is 0 Å². The number of nitrogens with zero attached hydrogens (tertiary/aromatic N) is 1. The van der Waals surface area contributed by atoms with Gasteiger partial charge in [-0.15, -0.1) is 0 Å². The third-order valence-corrected chi connectivity index (χ3v) is 5.05. The number of ether oxygens (including phenoxy) is 1. The molecule has 6 nitrogen and oxygen atoms in total. The van der Waals surface area contributed by atoms with E-state index in [-0.39, 0.29) is 5.75 Å². The van der Waals surface area contributed by atoms with Crippen LogP contribution in [0.1, 0.15) is 29.7 Å². The van der Waals surface area contributed by atoms with Crippen LogP contribution < -0.4 is 5.73 Å². The van der Waals surface area contributed by atoms with E-state index in [1.54, 1.807) is 6.07 Å². The first-order valence-corrected chi connectivity index (χ1v) is 8.52. The lowest BCUT2D eigenvalue weighted by Gasteiger charge is -2.31.